The van der Waals surface area contributed by atoms with E-state index in [2.05, 4.69) is 0 Å². The van der Waals surface area contributed by atoms with E-state index in [0.717, 1.165) is 0 Å². The number of ether oxygens (including phenoxy) is 7. The van der Waals surface area contributed by atoms with Gasteiger partial charge in [-0.3, -0.25) is 24.0 Å². The van der Waals surface area contributed by atoms with Gasteiger partial charge in [-0.15, -0.1) is 0 Å². The maximum atomic E-state index is 13.3. The van der Waals surface area contributed by atoms with E-state index in [1.165, 1.54) is 89.2 Å². The van der Waals surface area contributed by atoms with Gasteiger partial charge in [-0.05, 0) is 36.4 Å². The predicted octanol–water partition coefficient (Wildman–Crippen LogP) is 4.21. The quantitative estimate of drug-likeness (QED) is 0.260. The Hall–Kier alpha value is -5.72. The van der Waals surface area contributed by atoms with Gasteiger partial charge in [0, 0.05) is 64.3 Å². The van der Waals surface area contributed by atoms with Gasteiger partial charge in [-0.25, -0.2) is 4.79 Å². The lowest BCUT2D eigenvalue weighted by Gasteiger charge is -2.34. The third kappa shape index (κ3) is 8.44. The third-order valence-corrected chi connectivity index (χ3v) is 6.07. The van der Waals surface area contributed by atoms with Crippen LogP contribution in [0.5, 0.6) is 34.5 Å². The van der Waals surface area contributed by atoms with Gasteiger partial charge in [0.15, 0.2) is 17.6 Å². The standard InChI is InChI=1S/C32H28O13/c1-16(33)39-23-9-6-21(7-10-23)32(38)45-30-15-25-27(42-19(4)36)13-24(40-17(2)34)14-28(25)44-31(30)22-8-11-26(41-18(3)35)29(12-22)43-20(5)37/h6-14,30-31H,15H2,1-5H3/t30-,31-/m1/s1. The highest BCUT2D eigenvalue weighted by molar-refractivity contribution is 5.90. The van der Waals surface area contributed by atoms with Gasteiger partial charge >= 0.3 is 35.8 Å². The van der Waals surface area contributed by atoms with E-state index in [9.17, 15) is 28.8 Å². The smallest absolute Gasteiger partial charge is 0.338 e. The fourth-order valence-corrected chi connectivity index (χ4v) is 4.49. The molecule has 1 heterocycles. The normalized spacial score (nSPS) is 15.0. The van der Waals surface area contributed by atoms with Gasteiger partial charge in [0.1, 0.15) is 29.1 Å². The zero-order chi connectivity index (χ0) is 32.8. The predicted molar refractivity (Wildman–Crippen MR) is 152 cm³/mol. The van der Waals surface area contributed by atoms with Crippen molar-refractivity contribution < 1.29 is 61.9 Å². The van der Waals surface area contributed by atoms with Crippen LogP contribution in [0.3, 0.4) is 0 Å². The van der Waals surface area contributed by atoms with Gasteiger partial charge in [-0.2, -0.15) is 0 Å². The number of carbonyl (C=O) groups is 6. The van der Waals surface area contributed by atoms with Crippen molar-refractivity contribution in [2.75, 3.05) is 0 Å². The van der Waals surface area contributed by atoms with Crippen molar-refractivity contribution in [1.82, 2.24) is 0 Å². The van der Waals surface area contributed by atoms with Crippen LogP contribution in [0.2, 0.25) is 0 Å². The Morgan fingerprint density at radius 1 is 0.600 bits per heavy atom. The minimum atomic E-state index is -1.06. The molecule has 3 aromatic rings. The molecule has 0 N–H and O–H groups in total. The average molecular weight is 621 g/mol. The summed E-state index contributed by atoms with van der Waals surface area (Å²) in [6, 6.07) is 12.7. The van der Waals surface area contributed by atoms with Crippen LogP contribution >= 0.6 is 0 Å². The van der Waals surface area contributed by atoms with Crippen molar-refractivity contribution in [3.05, 3.63) is 71.3 Å². The molecule has 13 nitrogen and oxygen atoms in total. The summed E-state index contributed by atoms with van der Waals surface area (Å²) in [4.78, 5) is 71.6. The molecule has 0 bridgehead atoms. The molecule has 0 amide bonds. The van der Waals surface area contributed by atoms with Crippen molar-refractivity contribution in [2.24, 2.45) is 0 Å². The zero-order valence-corrected chi connectivity index (χ0v) is 24.9. The SMILES string of the molecule is CC(=O)Oc1ccc(C(=O)O[C@@H]2Cc3c(OC(C)=O)cc(OC(C)=O)cc3O[C@@H]2c2ccc(OC(C)=O)c(OC(C)=O)c2)cc1. The van der Waals surface area contributed by atoms with Crippen LogP contribution in [0.15, 0.2) is 54.6 Å². The van der Waals surface area contributed by atoms with Gasteiger partial charge in [0.2, 0.25) is 0 Å². The third-order valence-electron chi connectivity index (χ3n) is 6.07. The van der Waals surface area contributed by atoms with E-state index < -0.39 is 48.0 Å². The highest BCUT2D eigenvalue weighted by Crippen LogP contribution is 2.45. The monoisotopic (exact) mass is 620 g/mol. The topological polar surface area (TPSA) is 167 Å². The Morgan fingerprint density at radius 3 is 1.76 bits per heavy atom. The zero-order valence-electron chi connectivity index (χ0n) is 24.9. The maximum absolute atomic E-state index is 13.3. The lowest BCUT2D eigenvalue weighted by atomic mass is 9.93. The van der Waals surface area contributed by atoms with E-state index >= 15 is 0 Å². The van der Waals surface area contributed by atoms with E-state index in [4.69, 9.17) is 33.2 Å². The first kappa shape index (κ1) is 32.2. The number of fused-ring (bicyclic) bond motifs is 1. The summed E-state index contributed by atoms with van der Waals surface area (Å²) in [6.45, 7) is 5.98. The molecule has 0 unspecified atom stereocenters. The molecule has 0 spiro atoms. The molecule has 1 aliphatic rings. The summed E-state index contributed by atoms with van der Waals surface area (Å²) in [6.07, 6.45) is -2.15. The molecule has 234 valence electrons. The van der Waals surface area contributed by atoms with Gasteiger partial charge in [-0.1, -0.05) is 6.07 Å². The molecule has 0 aromatic heterocycles. The first-order chi connectivity index (χ1) is 21.3. The summed E-state index contributed by atoms with van der Waals surface area (Å²) in [5.41, 5.74) is 0.825. The summed E-state index contributed by atoms with van der Waals surface area (Å²) >= 11 is 0. The Morgan fingerprint density at radius 2 is 1.16 bits per heavy atom. The molecule has 0 radical (unpaired) electrons. The minimum absolute atomic E-state index is 0.0206. The first-order valence-corrected chi connectivity index (χ1v) is 13.5. The molecular weight excluding hydrogens is 592 g/mol. The van der Waals surface area contributed by atoms with Crippen LogP contribution in [-0.2, 0) is 35.1 Å². The van der Waals surface area contributed by atoms with E-state index in [0.29, 0.717) is 11.1 Å². The summed E-state index contributed by atoms with van der Waals surface area (Å²) in [5.74, 6) is -3.60. The van der Waals surface area contributed by atoms with Crippen molar-refractivity contribution in [3.8, 4) is 34.5 Å². The lowest BCUT2D eigenvalue weighted by molar-refractivity contribution is -0.134. The van der Waals surface area contributed by atoms with Crippen LogP contribution in [0.25, 0.3) is 0 Å². The fourth-order valence-electron chi connectivity index (χ4n) is 4.49. The van der Waals surface area contributed by atoms with E-state index in [1.807, 2.05) is 0 Å². The van der Waals surface area contributed by atoms with Crippen LogP contribution in [0.4, 0.5) is 0 Å². The lowest BCUT2D eigenvalue weighted by Crippen LogP contribution is -2.35. The highest BCUT2D eigenvalue weighted by Gasteiger charge is 2.38. The summed E-state index contributed by atoms with van der Waals surface area (Å²) in [7, 11) is 0. The Labute approximate surface area is 256 Å². The number of esters is 6. The van der Waals surface area contributed by atoms with Crippen molar-refractivity contribution in [1.29, 1.82) is 0 Å². The Balaban J connectivity index is 1.78. The minimum Gasteiger partial charge on any atom is -0.481 e. The van der Waals surface area contributed by atoms with Crippen molar-refractivity contribution in [3.63, 3.8) is 0 Å². The highest BCUT2D eigenvalue weighted by atomic mass is 16.6. The first-order valence-electron chi connectivity index (χ1n) is 13.5. The second-order valence-corrected chi connectivity index (χ2v) is 9.78. The molecule has 45 heavy (non-hydrogen) atoms. The van der Waals surface area contributed by atoms with Crippen molar-refractivity contribution in [2.45, 2.75) is 53.2 Å². The van der Waals surface area contributed by atoms with E-state index in [1.54, 1.807) is 0 Å². The Bertz CT molecular complexity index is 1670. The second-order valence-electron chi connectivity index (χ2n) is 9.78. The largest absolute Gasteiger partial charge is 0.481 e. The molecule has 13 heteroatoms. The molecule has 1 aliphatic heterocycles. The number of benzene rings is 3. The number of hydrogen-bond donors (Lipinski definition) is 0. The van der Waals surface area contributed by atoms with Crippen LogP contribution in [0, 0.1) is 0 Å². The molecule has 0 fully saturated rings. The molecule has 0 saturated heterocycles. The molecule has 2 atom stereocenters. The van der Waals surface area contributed by atoms with Gasteiger partial charge < -0.3 is 33.2 Å². The number of hydrogen-bond acceptors (Lipinski definition) is 13. The van der Waals surface area contributed by atoms with Gasteiger partial charge in [0.25, 0.3) is 0 Å². The van der Waals surface area contributed by atoms with Crippen LogP contribution < -0.4 is 28.4 Å². The van der Waals surface area contributed by atoms with E-state index in [-0.39, 0.29) is 46.5 Å². The summed E-state index contributed by atoms with van der Waals surface area (Å²) < 4.78 is 38.2. The Kier molecular flexibility index (Phi) is 9.81. The summed E-state index contributed by atoms with van der Waals surface area (Å²) in [5, 5.41) is 0. The number of rotatable bonds is 8. The molecular formula is C32H28O13. The molecule has 0 saturated carbocycles. The fraction of sp³-hybridized carbons (Fsp3) is 0.250. The molecule has 4 rings (SSSR count). The van der Waals surface area contributed by atoms with Gasteiger partial charge in [0.05, 0.1) is 5.56 Å². The maximum Gasteiger partial charge on any atom is 0.338 e. The molecule has 0 aliphatic carbocycles. The average Bonchev–Trinajstić information content (AvgIpc) is 2.93. The number of carbonyl (C=O) groups excluding carboxylic acids is 6. The molecule has 3 aromatic carbocycles. The van der Waals surface area contributed by atoms with Crippen molar-refractivity contribution >= 4 is 35.8 Å². The second kappa shape index (κ2) is 13.7. The van der Waals surface area contributed by atoms with Crippen LogP contribution in [-0.4, -0.2) is 41.9 Å². The van der Waals surface area contributed by atoms with Crippen LogP contribution in [0.1, 0.15) is 62.2 Å².